The quantitative estimate of drug-likeness (QED) is 0.548. The van der Waals surface area contributed by atoms with Gasteiger partial charge in [-0.3, -0.25) is 4.90 Å². The van der Waals surface area contributed by atoms with Crippen molar-refractivity contribution in [1.82, 2.24) is 4.90 Å². The van der Waals surface area contributed by atoms with Crippen LogP contribution in [0.25, 0.3) is 0 Å². The van der Waals surface area contributed by atoms with Gasteiger partial charge < -0.3 is 23.9 Å². The lowest BCUT2D eigenvalue weighted by Crippen LogP contribution is -2.41. The van der Waals surface area contributed by atoms with Crippen LogP contribution < -0.4 is 13.7 Å². The molecule has 3 aromatic carbocycles. The van der Waals surface area contributed by atoms with E-state index in [1.807, 2.05) is 48.5 Å². The summed E-state index contributed by atoms with van der Waals surface area (Å²) < 4.78 is 17.0. The van der Waals surface area contributed by atoms with Crippen LogP contribution in [0, 0.1) is 0 Å². The molecule has 0 bridgehead atoms. The molecule has 0 saturated heterocycles. The third-order valence-corrected chi connectivity index (χ3v) is 6.96. The van der Waals surface area contributed by atoms with E-state index in [1.165, 1.54) is 12.0 Å². The number of methoxy groups -OCH3 is 2. The number of aliphatic hydroxyl groups is 1. The first kappa shape index (κ1) is 21.0. The molecule has 0 aliphatic carbocycles. The molecule has 0 spiro atoms. The number of ether oxygens (including phenoxy) is 2. The molecule has 0 saturated carbocycles. The summed E-state index contributed by atoms with van der Waals surface area (Å²) in [5.41, 5.74) is 3.77. The molecule has 2 aliphatic rings. The first-order chi connectivity index (χ1) is 15.6. The van der Waals surface area contributed by atoms with Gasteiger partial charge in [-0.05, 0) is 53.4 Å². The summed E-state index contributed by atoms with van der Waals surface area (Å²) in [4.78, 5) is 3.22. The topological polar surface area (TPSA) is 71.4 Å². The Labute approximate surface area is 191 Å². The molecule has 0 aromatic heterocycles. The summed E-state index contributed by atoms with van der Waals surface area (Å²) in [6.07, 6.45) is 0.0456. The van der Waals surface area contributed by atoms with Crippen LogP contribution in [0.2, 0.25) is 0 Å². The van der Waals surface area contributed by atoms with Crippen LogP contribution in [0.4, 0.5) is 0 Å². The van der Waals surface area contributed by atoms with Crippen molar-refractivity contribution in [3.63, 3.8) is 0 Å². The zero-order chi connectivity index (χ0) is 22.2. The van der Waals surface area contributed by atoms with E-state index in [1.54, 1.807) is 20.3 Å². The lowest BCUT2D eigenvalue weighted by molar-refractivity contribution is 0.0198. The predicted molar refractivity (Wildman–Crippen MR) is 122 cm³/mol. The molecule has 0 amide bonds. The maximum Gasteiger partial charge on any atom is 0.184 e. The fourth-order valence-electron chi connectivity index (χ4n) is 4.68. The second kappa shape index (κ2) is 8.58. The minimum atomic E-state index is -0.763. The number of aromatic hydroxyl groups is 1. The first-order valence-electron chi connectivity index (χ1n) is 10.5. The maximum atomic E-state index is 11.4. The molecular weight excluding hydrogens is 426 g/mol. The van der Waals surface area contributed by atoms with Gasteiger partial charge in [0.2, 0.25) is 0 Å². The molecule has 7 heteroatoms. The van der Waals surface area contributed by atoms with Gasteiger partial charge in [-0.25, -0.2) is 0 Å². The highest BCUT2D eigenvalue weighted by molar-refractivity contribution is 7.95. The second-order valence-corrected chi connectivity index (χ2v) is 8.78. The average Bonchev–Trinajstić information content (AvgIpc) is 2.82. The molecule has 2 unspecified atom stereocenters. The Kier molecular flexibility index (Phi) is 5.63. The van der Waals surface area contributed by atoms with Crippen LogP contribution in [0.1, 0.15) is 34.4 Å². The number of rotatable bonds is 5. The van der Waals surface area contributed by atoms with Crippen LogP contribution in [0.3, 0.4) is 0 Å². The van der Waals surface area contributed by atoms with E-state index >= 15 is 0 Å². The predicted octanol–water partition coefficient (Wildman–Crippen LogP) is 4.64. The van der Waals surface area contributed by atoms with Crippen LogP contribution in [-0.2, 0) is 13.0 Å². The van der Waals surface area contributed by atoms with E-state index in [4.69, 9.17) is 13.7 Å². The van der Waals surface area contributed by atoms with E-state index < -0.39 is 6.10 Å². The number of benzene rings is 3. The fourth-order valence-corrected chi connectivity index (χ4v) is 5.31. The fraction of sp³-hybridized carbons (Fsp3) is 0.280. The highest BCUT2D eigenvalue weighted by Gasteiger charge is 2.40. The van der Waals surface area contributed by atoms with E-state index in [0.29, 0.717) is 23.8 Å². The van der Waals surface area contributed by atoms with Crippen molar-refractivity contribution in [1.29, 1.82) is 0 Å². The number of hydrogen-bond acceptors (Lipinski definition) is 7. The lowest BCUT2D eigenvalue weighted by Gasteiger charge is -2.44. The van der Waals surface area contributed by atoms with E-state index in [9.17, 15) is 10.2 Å². The van der Waals surface area contributed by atoms with Gasteiger partial charge in [-0.2, -0.15) is 0 Å². The molecule has 32 heavy (non-hydrogen) atoms. The Bertz CT molecular complexity index is 1140. The van der Waals surface area contributed by atoms with Crippen molar-refractivity contribution < 1.29 is 23.9 Å². The number of phenolic OH excluding ortho intramolecular Hbond substituents is 1. The number of phenols is 1. The van der Waals surface area contributed by atoms with Gasteiger partial charge >= 0.3 is 0 Å². The summed E-state index contributed by atoms with van der Waals surface area (Å²) in [5, 5.41) is 21.8. The highest BCUT2D eigenvalue weighted by atomic mass is 32.2. The monoisotopic (exact) mass is 451 g/mol. The van der Waals surface area contributed by atoms with E-state index in [0.717, 1.165) is 40.1 Å². The van der Waals surface area contributed by atoms with Gasteiger partial charge in [-0.15, -0.1) is 0 Å². The maximum absolute atomic E-state index is 11.4. The van der Waals surface area contributed by atoms with Crippen molar-refractivity contribution in [2.45, 2.75) is 30.0 Å². The molecule has 6 nitrogen and oxygen atoms in total. The van der Waals surface area contributed by atoms with Gasteiger partial charge in [0.05, 0.1) is 38.4 Å². The molecule has 166 valence electrons. The largest absolute Gasteiger partial charge is 0.504 e. The summed E-state index contributed by atoms with van der Waals surface area (Å²) in [6.45, 7) is 1.40. The molecule has 2 N–H and O–H groups in total. The van der Waals surface area contributed by atoms with Gasteiger partial charge in [-0.1, -0.05) is 24.3 Å². The summed E-state index contributed by atoms with van der Waals surface area (Å²) >= 11 is 1.27. The van der Waals surface area contributed by atoms with E-state index in [-0.39, 0.29) is 11.8 Å². The lowest BCUT2D eigenvalue weighted by atomic mass is 9.81. The molecule has 2 heterocycles. The number of aliphatic hydroxyl groups excluding tert-OH is 1. The van der Waals surface area contributed by atoms with Gasteiger partial charge in [0, 0.05) is 23.5 Å². The van der Waals surface area contributed by atoms with Crippen molar-refractivity contribution in [2.75, 3.05) is 20.8 Å². The molecule has 0 radical (unpaired) electrons. The molecular formula is C25H25NO5S. The van der Waals surface area contributed by atoms with E-state index in [2.05, 4.69) is 4.90 Å². The molecule has 2 atom stereocenters. The Morgan fingerprint density at radius 2 is 1.75 bits per heavy atom. The minimum Gasteiger partial charge on any atom is -0.504 e. The smallest absolute Gasteiger partial charge is 0.184 e. The molecule has 3 aromatic rings. The van der Waals surface area contributed by atoms with Crippen molar-refractivity contribution in [3.05, 3.63) is 76.9 Å². The zero-order valence-corrected chi connectivity index (χ0v) is 18.8. The van der Waals surface area contributed by atoms with Crippen LogP contribution in [-0.4, -0.2) is 35.9 Å². The van der Waals surface area contributed by atoms with Crippen LogP contribution >= 0.6 is 12.0 Å². The summed E-state index contributed by atoms with van der Waals surface area (Å²) in [6, 6.07) is 17.0. The molecule has 5 rings (SSSR count). The first-order valence-corrected chi connectivity index (χ1v) is 11.3. The van der Waals surface area contributed by atoms with Crippen LogP contribution in [0.5, 0.6) is 23.0 Å². The third kappa shape index (κ3) is 3.56. The van der Waals surface area contributed by atoms with Crippen molar-refractivity contribution in [2.24, 2.45) is 0 Å². The van der Waals surface area contributed by atoms with Crippen molar-refractivity contribution >= 4 is 12.0 Å². The molecule has 2 aliphatic heterocycles. The Balaban J connectivity index is 1.53. The van der Waals surface area contributed by atoms with Crippen molar-refractivity contribution in [3.8, 4) is 23.0 Å². The Morgan fingerprint density at radius 3 is 2.50 bits per heavy atom. The second-order valence-electron chi connectivity index (χ2n) is 7.98. The Morgan fingerprint density at radius 1 is 0.969 bits per heavy atom. The van der Waals surface area contributed by atoms with Gasteiger partial charge in [0.1, 0.15) is 0 Å². The molecule has 0 fully saturated rings. The van der Waals surface area contributed by atoms with Crippen LogP contribution in [0.15, 0.2) is 59.5 Å². The van der Waals surface area contributed by atoms with Gasteiger partial charge in [0.15, 0.2) is 23.0 Å². The van der Waals surface area contributed by atoms with Gasteiger partial charge in [0.25, 0.3) is 0 Å². The zero-order valence-electron chi connectivity index (χ0n) is 17.9. The standard InChI is InChI=1S/C25H25NO5S/c1-29-21-9-8-17-19(25(21)31-32-16-6-4-3-5-7-16)14-26-11-10-15-12-22(30-2)20(27)13-18(15)23(26)24(17)28/h3-9,12-13,23-24,27-28H,10-11,14H2,1-2H3. The number of nitrogens with zero attached hydrogens (tertiary/aromatic N) is 1. The summed E-state index contributed by atoms with van der Waals surface area (Å²) in [5.74, 6) is 1.82. The normalized spacial score (nSPS) is 19.5. The summed E-state index contributed by atoms with van der Waals surface area (Å²) in [7, 11) is 3.17. The third-order valence-electron chi connectivity index (χ3n) is 6.24. The number of hydrogen-bond donors (Lipinski definition) is 2. The SMILES string of the molecule is COc1cc2c(cc1O)C1C(O)c3ccc(OC)c(OSc4ccccc4)c3CN1CC2. The average molecular weight is 452 g/mol. The highest BCUT2D eigenvalue weighted by Crippen LogP contribution is 2.50. The number of fused-ring (bicyclic) bond motifs is 4. The Hall–Kier alpha value is -2.87. The minimum absolute atomic E-state index is 0.0871.